The van der Waals surface area contributed by atoms with Gasteiger partial charge >= 0.3 is 0 Å². The summed E-state index contributed by atoms with van der Waals surface area (Å²) < 4.78 is 0. The van der Waals surface area contributed by atoms with Gasteiger partial charge in [0.05, 0.1) is 0 Å². The van der Waals surface area contributed by atoms with Crippen molar-refractivity contribution in [2.45, 2.75) is 13.3 Å². The molecular formula is C14H11B. The van der Waals surface area contributed by atoms with Crippen LogP contribution in [-0.2, 0) is 6.42 Å². The van der Waals surface area contributed by atoms with E-state index in [2.05, 4.69) is 37.3 Å². The first-order valence-corrected chi connectivity index (χ1v) is 5.22. The van der Waals surface area contributed by atoms with E-state index in [9.17, 15) is 0 Å². The van der Waals surface area contributed by atoms with Crippen molar-refractivity contribution >= 4 is 13.3 Å². The van der Waals surface area contributed by atoms with Crippen LogP contribution in [0, 0.1) is 6.92 Å². The van der Waals surface area contributed by atoms with E-state index in [1.807, 2.05) is 6.07 Å². The van der Waals surface area contributed by atoms with Gasteiger partial charge in [-0.05, 0) is 35.6 Å². The molecule has 0 fully saturated rings. The number of rotatable bonds is 0. The largest absolute Gasteiger partial charge is 0.113 e. The van der Waals surface area contributed by atoms with Crippen molar-refractivity contribution in [3.63, 3.8) is 0 Å². The molecule has 0 saturated carbocycles. The van der Waals surface area contributed by atoms with Crippen LogP contribution in [0.15, 0.2) is 36.4 Å². The molecule has 2 aromatic carbocycles. The molecule has 0 aromatic heterocycles. The van der Waals surface area contributed by atoms with Gasteiger partial charge in [0.15, 0.2) is 0 Å². The first-order chi connectivity index (χ1) is 7.24. The molecular weight excluding hydrogens is 179 g/mol. The van der Waals surface area contributed by atoms with E-state index in [0.717, 1.165) is 11.9 Å². The third kappa shape index (κ3) is 1.31. The monoisotopic (exact) mass is 190 g/mol. The highest BCUT2D eigenvalue weighted by Crippen LogP contribution is 2.36. The molecule has 0 nitrogen and oxygen atoms in total. The summed E-state index contributed by atoms with van der Waals surface area (Å²) in [6.45, 7) is 2.13. The van der Waals surface area contributed by atoms with Crippen molar-refractivity contribution in [3.05, 3.63) is 53.1 Å². The Kier molecular flexibility index (Phi) is 1.75. The molecule has 0 atom stereocenters. The van der Waals surface area contributed by atoms with E-state index >= 15 is 0 Å². The van der Waals surface area contributed by atoms with Gasteiger partial charge in [0, 0.05) is 0 Å². The minimum Gasteiger partial charge on any atom is -0.0960 e. The van der Waals surface area contributed by atoms with Crippen molar-refractivity contribution in [1.29, 1.82) is 0 Å². The molecule has 15 heavy (non-hydrogen) atoms. The Morgan fingerprint density at radius 2 is 1.60 bits per heavy atom. The van der Waals surface area contributed by atoms with Crippen LogP contribution in [0.5, 0.6) is 0 Å². The minimum atomic E-state index is 0.850. The summed E-state index contributed by atoms with van der Waals surface area (Å²) in [5.41, 5.74) is 7.64. The van der Waals surface area contributed by atoms with Crippen molar-refractivity contribution in [3.8, 4) is 11.1 Å². The maximum Gasteiger partial charge on any atom is 0.113 e. The van der Waals surface area contributed by atoms with Crippen LogP contribution >= 0.6 is 0 Å². The van der Waals surface area contributed by atoms with Crippen LogP contribution in [0.1, 0.15) is 16.7 Å². The lowest BCUT2D eigenvalue weighted by molar-refractivity contribution is 1.26. The highest BCUT2D eigenvalue weighted by Gasteiger charge is 2.17. The van der Waals surface area contributed by atoms with Gasteiger partial charge in [0.25, 0.3) is 0 Å². The fourth-order valence-corrected chi connectivity index (χ4v) is 2.30. The molecule has 1 aliphatic rings. The minimum absolute atomic E-state index is 0.850. The van der Waals surface area contributed by atoms with E-state index in [1.54, 1.807) is 0 Å². The molecule has 2 aromatic rings. The molecule has 0 spiro atoms. The average Bonchev–Trinajstić information content (AvgIpc) is 2.56. The van der Waals surface area contributed by atoms with Crippen LogP contribution in [0.2, 0.25) is 0 Å². The third-order valence-corrected chi connectivity index (χ3v) is 3.07. The normalized spacial score (nSPS) is 12.3. The van der Waals surface area contributed by atoms with Crippen molar-refractivity contribution in [1.82, 2.24) is 0 Å². The predicted octanol–water partition coefficient (Wildman–Crippen LogP) is 2.36. The molecule has 0 bridgehead atoms. The molecule has 1 aliphatic carbocycles. The fourth-order valence-electron chi connectivity index (χ4n) is 2.30. The molecule has 0 saturated heterocycles. The summed E-state index contributed by atoms with van der Waals surface area (Å²) in [6, 6.07) is 12.9. The van der Waals surface area contributed by atoms with Crippen LogP contribution in [0.3, 0.4) is 0 Å². The first-order valence-electron chi connectivity index (χ1n) is 5.22. The lowest BCUT2D eigenvalue weighted by Gasteiger charge is -2.03. The van der Waals surface area contributed by atoms with E-state index in [4.69, 9.17) is 7.85 Å². The summed E-state index contributed by atoms with van der Waals surface area (Å²) in [4.78, 5) is 0. The Morgan fingerprint density at radius 1 is 0.933 bits per heavy atom. The van der Waals surface area contributed by atoms with Gasteiger partial charge in [0.2, 0.25) is 0 Å². The zero-order valence-electron chi connectivity index (χ0n) is 8.75. The highest BCUT2D eigenvalue weighted by atomic mass is 14.2. The number of aryl methyl sites for hydroxylation is 1. The number of fused-ring (bicyclic) bond motifs is 3. The zero-order chi connectivity index (χ0) is 10.4. The van der Waals surface area contributed by atoms with Gasteiger partial charge in [-0.2, -0.15) is 0 Å². The van der Waals surface area contributed by atoms with Crippen molar-refractivity contribution < 1.29 is 0 Å². The molecule has 0 unspecified atom stereocenters. The van der Waals surface area contributed by atoms with Gasteiger partial charge in [0.1, 0.15) is 7.85 Å². The lowest BCUT2D eigenvalue weighted by Crippen LogP contribution is -2.01. The van der Waals surface area contributed by atoms with Crippen LogP contribution < -0.4 is 5.46 Å². The molecule has 0 heterocycles. The maximum atomic E-state index is 5.83. The van der Waals surface area contributed by atoms with Crippen LogP contribution in [0.4, 0.5) is 0 Å². The average molecular weight is 190 g/mol. The summed E-state index contributed by atoms with van der Waals surface area (Å²) >= 11 is 0. The summed E-state index contributed by atoms with van der Waals surface area (Å²) in [7, 11) is 5.83. The van der Waals surface area contributed by atoms with E-state index in [-0.39, 0.29) is 0 Å². The second-order valence-electron chi connectivity index (χ2n) is 4.25. The fraction of sp³-hybridized carbons (Fsp3) is 0.143. The Hall–Kier alpha value is -1.50. The van der Waals surface area contributed by atoms with Gasteiger partial charge in [-0.3, -0.25) is 0 Å². The van der Waals surface area contributed by atoms with Crippen LogP contribution in [-0.4, -0.2) is 7.85 Å². The predicted molar refractivity (Wildman–Crippen MR) is 64.8 cm³/mol. The Labute approximate surface area is 91.4 Å². The first kappa shape index (κ1) is 8.78. The quantitative estimate of drug-likeness (QED) is 0.477. The van der Waals surface area contributed by atoms with Gasteiger partial charge in [-0.1, -0.05) is 47.4 Å². The number of hydrogen-bond donors (Lipinski definition) is 0. The Balaban J connectivity index is 2.28. The Morgan fingerprint density at radius 3 is 2.40 bits per heavy atom. The van der Waals surface area contributed by atoms with E-state index in [1.165, 1.54) is 27.8 Å². The summed E-state index contributed by atoms with van der Waals surface area (Å²) in [5.74, 6) is 0. The van der Waals surface area contributed by atoms with Crippen molar-refractivity contribution in [2.24, 2.45) is 0 Å². The zero-order valence-corrected chi connectivity index (χ0v) is 8.75. The van der Waals surface area contributed by atoms with Crippen LogP contribution in [0.25, 0.3) is 11.1 Å². The maximum absolute atomic E-state index is 5.83. The van der Waals surface area contributed by atoms with Gasteiger partial charge in [-0.25, -0.2) is 0 Å². The van der Waals surface area contributed by atoms with E-state index < -0.39 is 0 Å². The SMILES string of the molecule is [B]c1ccc2c(c1)-c1cc(C)ccc1C2. The molecule has 0 aliphatic heterocycles. The van der Waals surface area contributed by atoms with Gasteiger partial charge < -0.3 is 0 Å². The standard InChI is InChI=1S/C14H11B/c1-9-2-3-10-7-11-4-5-12(15)8-14(11)13(10)6-9/h2-6,8H,7H2,1H3. The third-order valence-electron chi connectivity index (χ3n) is 3.07. The molecule has 70 valence electrons. The smallest absolute Gasteiger partial charge is 0.0960 e. The number of hydrogen-bond acceptors (Lipinski definition) is 0. The molecule has 1 heteroatoms. The van der Waals surface area contributed by atoms with Gasteiger partial charge in [-0.15, -0.1) is 0 Å². The molecule has 3 rings (SSSR count). The Bertz CT molecular complexity index is 492. The second kappa shape index (κ2) is 3.00. The summed E-state index contributed by atoms with van der Waals surface area (Å²) in [6.07, 6.45) is 1.05. The van der Waals surface area contributed by atoms with Crippen molar-refractivity contribution in [2.75, 3.05) is 0 Å². The molecule has 0 N–H and O–H groups in total. The van der Waals surface area contributed by atoms with E-state index in [0.29, 0.717) is 0 Å². The highest BCUT2D eigenvalue weighted by molar-refractivity contribution is 6.32. The number of benzene rings is 2. The summed E-state index contributed by atoms with van der Waals surface area (Å²) in [5, 5.41) is 0. The molecule has 2 radical (unpaired) electrons. The second-order valence-corrected chi connectivity index (χ2v) is 4.25. The molecule has 0 amide bonds. The topological polar surface area (TPSA) is 0 Å². The lowest BCUT2D eigenvalue weighted by atomic mass is 9.91.